The van der Waals surface area contributed by atoms with Gasteiger partial charge >= 0.3 is 5.97 Å². The SMILES string of the molecule is CCCCc1cc(OC(=O)c2ccc3ccccc3c2)c2c(c1)OC(C)(C)[C@@H]1CC=C(C)C[C@@H]21. The highest BCUT2D eigenvalue weighted by molar-refractivity contribution is 5.96. The first-order valence-corrected chi connectivity index (χ1v) is 12.6. The Morgan fingerprint density at radius 3 is 2.68 bits per heavy atom. The van der Waals surface area contributed by atoms with Crippen molar-refractivity contribution in [1.82, 2.24) is 0 Å². The molecule has 0 N–H and O–H groups in total. The number of hydrogen-bond donors (Lipinski definition) is 0. The first-order valence-electron chi connectivity index (χ1n) is 12.6. The smallest absolute Gasteiger partial charge is 0.343 e. The lowest BCUT2D eigenvalue weighted by Crippen LogP contribution is -2.45. The van der Waals surface area contributed by atoms with Crippen LogP contribution in [0.15, 0.2) is 66.2 Å². The summed E-state index contributed by atoms with van der Waals surface area (Å²) in [7, 11) is 0. The van der Waals surface area contributed by atoms with E-state index in [9.17, 15) is 4.79 Å². The summed E-state index contributed by atoms with van der Waals surface area (Å²) in [6.45, 7) is 8.79. The quantitative estimate of drug-likeness (QED) is 0.222. The molecule has 3 nitrogen and oxygen atoms in total. The van der Waals surface area contributed by atoms with Gasteiger partial charge < -0.3 is 9.47 Å². The number of rotatable bonds is 5. The molecule has 34 heavy (non-hydrogen) atoms. The number of hydrogen-bond acceptors (Lipinski definition) is 3. The van der Waals surface area contributed by atoms with Crippen LogP contribution in [0.4, 0.5) is 0 Å². The number of esters is 1. The van der Waals surface area contributed by atoms with E-state index in [0.717, 1.165) is 54.2 Å². The lowest BCUT2D eigenvalue weighted by Gasteiger charge is -2.47. The molecule has 0 fully saturated rings. The summed E-state index contributed by atoms with van der Waals surface area (Å²) >= 11 is 0. The van der Waals surface area contributed by atoms with Crippen LogP contribution < -0.4 is 9.47 Å². The lowest BCUT2D eigenvalue weighted by atomic mass is 9.67. The van der Waals surface area contributed by atoms with Crippen molar-refractivity contribution < 1.29 is 14.3 Å². The molecular formula is C31H34O3. The minimum absolute atomic E-state index is 0.266. The Labute approximate surface area is 202 Å². The Kier molecular flexibility index (Phi) is 5.97. The Hall–Kier alpha value is -3.07. The van der Waals surface area contributed by atoms with Gasteiger partial charge in [0.25, 0.3) is 0 Å². The van der Waals surface area contributed by atoms with E-state index in [1.54, 1.807) is 0 Å². The molecule has 1 aliphatic heterocycles. The van der Waals surface area contributed by atoms with Gasteiger partial charge in [0.2, 0.25) is 0 Å². The number of benzene rings is 3. The largest absolute Gasteiger partial charge is 0.487 e. The molecule has 0 unspecified atom stereocenters. The van der Waals surface area contributed by atoms with E-state index in [0.29, 0.717) is 17.2 Å². The Balaban J connectivity index is 1.56. The fourth-order valence-corrected chi connectivity index (χ4v) is 5.69. The maximum atomic E-state index is 13.3. The summed E-state index contributed by atoms with van der Waals surface area (Å²) < 4.78 is 12.8. The van der Waals surface area contributed by atoms with E-state index in [1.807, 2.05) is 36.4 Å². The van der Waals surface area contributed by atoms with E-state index >= 15 is 0 Å². The van der Waals surface area contributed by atoms with Crippen molar-refractivity contribution in [1.29, 1.82) is 0 Å². The van der Waals surface area contributed by atoms with Crippen LogP contribution in [0.5, 0.6) is 11.5 Å². The van der Waals surface area contributed by atoms with Crippen molar-refractivity contribution in [2.75, 3.05) is 0 Å². The number of carbonyl (C=O) groups is 1. The third kappa shape index (κ3) is 4.24. The van der Waals surface area contributed by atoms with Gasteiger partial charge in [0.05, 0.1) is 5.56 Å². The molecule has 176 valence electrons. The monoisotopic (exact) mass is 454 g/mol. The normalized spacial score (nSPS) is 20.6. The van der Waals surface area contributed by atoms with Gasteiger partial charge in [-0.1, -0.05) is 55.3 Å². The van der Waals surface area contributed by atoms with Gasteiger partial charge in [0.15, 0.2) is 0 Å². The average molecular weight is 455 g/mol. The average Bonchev–Trinajstić information content (AvgIpc) is 2.81. The first kappa shape index (κ1) is 22.7. The number of aryl methyl sites for hydroxylation is 1. The lowest BCUT2D eigenvalue weighted by molar-refractivity contribution is 0.00739. The molecule has 0 bridgehead atoms. The van der Waals surface area contributed by atoms with Gasteiger partial charge in [-0.3, -0.25) is 0 Å². The second kappa shape index (κ2) is 8.94. The van der Waals surface area contributed by atoms with E-state index < -0.39 is 0 Å². The number of allylic oxidation sites excluding steroid dienone is 2. The third-order valence-corrected chi connectivity index (χ3v) is 7.56. The summed E-state index contributed by atoms with van der Waals surface area (Å²) in [5.41, 5.74) is 3.93. The van der Waals surface area contributed by atoms with E-state index in [2.05, 4.69) is 52.0 Å². The molecule has 3 heteroatoms. The molecule has 0 radical (unpaired) electrons. The van der Waals surface area contributed by atoms with Crippen LogP contribution in [0.3, 0.4) is 0 Å². The minimum Gasteiger partial charge on any atom is -0.487 e. The van der Waals surface area contributed by atoms with Crippen LogP contribution in [0.1, 0.15) is 80.8 Å². The zero-order chi connectivity index (χ0) is 23.9. The summed E-state index contributed by atoms with van der Waals surface area (Å²) in [6, 6.07) is 18.1. The topological polar surface area (TPSA) is 35.5 Å². The summed E-state index contributed by atoms with van der Waals surface area (Å²) in [6.07, 6.45) is 7.45. The van der Waals surface area contributed by atoms with Crippen LogP contribution >= 0.6 is 0 Å². The van der Waals surface area contributed by atoms with Gasteiger partial charge in [-0.2, -0.15) is 0 Å². The van der Waals surface area contributed by atoms with Crippen LogP contribution in [0.2, 0.25) is 0 Å². The molecular weight excluding hydrogens is 420 g/mol. The van der Waals surface area contributed by atoms with E-state index in [4.69, 9.17) is 9.47 Å². The van der Waals surface area contributed by atoms with E-state index in [-0.39, 0.29) is 17.5 Å². The first-order chi connectivity index (χ1) is 16.4. The van der Waals surface area contributed by atoms with Gasteiger partial charge in [-0.05, 0) is 87.1 Å². The number of ether oxygens (including phenoxy) is 2. The van der Waals surface area contributed by atoms with Crippen LogP contribution in [0.25, 0.3) is 10.8 Å². The second-order valence-corrected chi connectivity index (χ2v) is 10.5. The molecule has 0 amide bonds. The zero-order valence-corrected chi connectivity index (χ0v) is 20.7. The van der Waals surface area contributed by atoms with Crippen molar-refractivity contribution in [3.05, 3.63) is 82.9 Å². The molecule has 2 atom stereocenters. The molecule has 3 aromatic carbocycles. The van der Waals surface area contributed by atoms with Crippen molar-refractivity contribution in [2.45, 2.75) is 71.3 Å². The number of unbranched alkanes of at least 4 members (excludes halogenated alkanes) is 1. The molecule has 0 aromatic heterocycles. The van der Waals surface area contributed by atoms with E-state index in [1.165, 1.54) is 11.1 Å². The Morgan fingerprint density at radius 2 is 1.88 bits per heavy atom. The maximum Gasteiger partial charge on any atom is 0.343 e. The van der Waals surface area contributed by atoms with Crippen molar-refractivity contribution >= 4 is 16.7 Å². The van der Waals surface area contributed by atoms with Crippen molar-refractivity contribution in [3.8, 4) is 11.5 Å². The molecule has 5 rings (SSSR count). The summed E-state index contributed by atoms with van der Waals surface area (Å²) in [4.78, 5) is 13.3. The highest BCUT2D eigenvalue weighted by atomic mass is 16.5. The molecule has 1 heterocycles. The third-order valence-electron chi connectivity index (χ3n) is 7.56. The van der Waals surface area contributed by atoms with Crippen LogP contribution in [-0.2, 0) is 6.42 Å². The standard InChI is InChI=1S/C31H34O3/c1-5-6-9-21-17-27(33-30(32)24-14-13-22-10-7-8-11-23(22)19-24)29-25-16-20(2)12-15-26(25)31(3,4)34-28(29)18-21/h7-8,10-14,17-19,25-26H,5-6,9,15-16H2,1-4H3/t25-,26-/m1/s1. The fraction of sp³-hybridized carbons (Fsp3) is 0.387. The predicted molar refractivity (Wildman–Crippen MR) is 138 cm³/mol. The number of fused-ring (bicyclic) bond motifs is 4. The van der Waals surface area contributed by atoms with Gasteiger partial charge in [-0.15, -0.1) is 0 Å². The van der Waals surface area contributed by atoms with Crippen LogP contribution in [0, 0.1) is 5.92 Å². The zero-order valence-electron chi connectivity index (χ0n) is 20.7. The predicted octanol–water partition coefficient (Wildman–Crippen LogP) is 8.01. The number of carbonyl (C=O) groups excluding carboxylic acids is 1. The van der Waals surface area contributed by atoms with Crippen molar-refractivity contribution in [2.24, 2.45) is 5.92 Å². The van der Waals surface area contributed by atoms with Crippen LogP contribution in [-0.4, -0.2) is 11.6 Å². The molecule has 0 spiro atoms. The van der Waals surface area contributed by atoms with Gasteiger partial charge in [0, 0.05) is 17.4 Å². The van der Waals surface area contributed by atoms with Gasteiger partial charge in [0.1, 0.15) is 17.1 Å². The second-order valence-electron chi connectivity index (χ2n) is 10.5. The summed E-state index contributed by atoms with van der Waals surface area (Å²) in [5, 5.41) is 2.15. The summed E-state index contributed by atoms with van der Waals surface area (Å²) in [5.74, 6) is 1.87. The Morgan fingerprint density at radius 1 is 1.09 bits per heavy atom. The molecule has 0 saturated carbocycles. The fourth-order valence-electron chi connectivity index (χ4n) is 5.69. The molecule has 1 aliphatic carbocycles. The van der Waals surface area contributed by atoms with Gasteiger partial charge in [-0.25, -0.2) is 4.79 Å². The Bertz CT molecular complexity index is 1270. The van der Waals surface area contributed by atoms with Crippen molar-refractivity contribution in [3.63, 3.8) is 0 Å². The minimum atomic E-state index is -0.315. The highest BCUT2D eigenvalue weighted by Crippen LogP contribution is 2.54. The molecule has 0 saturated heterocycles. The molecule has 2 aliphatic rings. The maximum absolute atomic E-state index is 13.3. The highest BCUT2D eigenvalue weighted by Gasteiger charge is 2.46. The molecule has 3 aromatic rings.